The lowest BCUT2D eigenvalue weighted by atomic mass is 10.1. The predicted octanol–water partition coefficient (Wildman–Crippen LogP) is 3.68. The van der Waals surface area contributed by atoms with Crippen molar-refractivity contribution in [3.63, 3.8) is 0 Å². The van der Waals surface area contributed by atoms with Crippen LogP contribution >= 0.6 is 0 Å². The fourth-order valence-electron chi connectivity index (χ4n) is 4.35. The second-order valence-corrected chi connectivity index (χ2v) is 8.30. The number of pyridine rings is 1. The quantitative estimate of drug-likeness (QED) is 0.736. The summed E-state index contributed by atoms with van der Waals surface area (Å²) in [5, 5.41) is 5.88. The number of carbonyl (C=O) groups is 1. The average molecular weight is 430 g/mol. The Bertz CT molecular complexity index is 903. The topological polar surface area (TPSA) is 60.5 Å². The van der Waals surface area contributed by atoms with Crippen molar-refractivity contribution in [1.82, 2.24) is 15.6 Å². The molecule has 1 unspecified atom stereocenters. The monoisotopic (exact) mass is 429 g/mol. The van der Waals surface area contributed by atoms with E-state index in [-0.39, 0.29) is 11.9 Å². The molecule has 1 atom stereocenters. The Labute approximate surface area is 181 Å². The van der Waals surface area contributed by atoms with Crippen LogP contribution in [0.3, 0.4) is 0 Å². The molecule has 0 saturated carbocycles. The van der Waals surface area contributed by atoms with Gasteiger partial charge in [0.25, 0.3) is 0 Å². The Morgan fingerprint density at radius 2 is 1.87 bits per heavy atom. The van der Waals surface area contributed by atoms with E-state index in [1.165, 1.54) is 25.3 Å². The summed E-state index contributed by atoms with van der Waals surface area (Å²) in [4.78, 5) is 21.2. The van der Waals surface area contributed by atoms with Crippen molar-refractivity contribution >= 4 is 17.5 Å². The van der Waals surface area contributed by atoms with Crippen LogP contribution in [0.4, 0.5) is 25.1 Å². The van der Waals surface area contributed by atoms with E-state index in [9.17, 15) is 13.6 Å². The largest absolute Gasteiger partial charge is 0.371 e. The molecule has 4 rings (SSSR count). The average Bonchev–Trinajstić information content (AvgIpc) is 3.28. The number of halogens is 2. The Kier molecular flexibility index (Phi) is 6.84. The van der Waals surface area contributed by atoms with Gasteiger partial charge in [0.05, 0.1) is 0 Å². The number of amides is 2. The molecule has 1 aromatic carbocycles. The maximum absolute atomic E-state index is 13.5. The van der Waals surface area contributed by atoms with Gasteiger partial charge in [-0.1, -0.05) is 6.07 Å². The first-order valence-corrected chi connectivity index (χ1v) is 11.0. The third kappa shape index (κ3) is 5.42. The van der Waals surface area contributed by atoms with Crippen molar-refractivity contribution < 1.29 is 13.6 Å². The normalized spacial score (nSPS) is 18.8. The van der Waals surface area contributed by atoms with Gasteiger partial charge in [0.1, 0.15) is 5.82 Å². The number of aromatic nitrogens is 1. The highest BCUT2D eigenvalue weighted by molar-refractivity contribution is 5.74. The molecule has 3 heterocycles. The Balaban J connectivity index is 1.24. The summed E-state index contributed by atoms with van der Waals surface area (Å²) in [6.45, 7) is 4.44. The number of hydrogen-bond acceptors (Lipinski definition) is 4. The molecule has 2 saturated heterocycles. The molecule has 2 fully saturated rings. The van der Waals surface area contributed by atoms with E-state index in [2.05, 4.69) is 20.5 Å². The smallest absolute Gasteiger partial charge is 0.315 e. The first kappa shape index (κ1) is 21.3. The minimum atomic E-state index is -0.838. The molecule has 0 spiro atoms. The molecule has 0 bridgehead atoms. The van der Waals surface area contributed by atoms with E-state index in [0.717, 1.165) is 43.5 Å². The van der Waals surface area contributed by atoms with Crippen LogP contribution in [0.1, 0.15) is 31.2 Å². The van der Waals surface area contributed by atoms with Gasteiger partial charge in [-0.25, -0.2) is 18.6 Å². The molecule has 31 heavy (non-hydrogen) atoms. The highest BCUT2D eigenvalue weighted by Crippen LogP contribution is 2.25. The molecule has 6 nitrogen and oxygen atoms in total. The summed E-state index contributed by atoms with van der Waals surface area (Å²) >= 11 is 0. The van der Waals surface area contributed by atoms with Crippen molar-refractivity contribution in [2.45, 2.75) is 32.2 Å². The van der Waals surface area contributed by atoms with Crippen LogP contribution in [0.2, 0.25) is 0 Å². The van der Waals surface area contributed by atoms with Gasteiger partial charge < -0.3 is 20.4 Å². The number of nitrogens with one attached hydrogen (secondary N) is 2. The molecule has 166 valence electrons. The van der Waals surface area contributed by atoms with Crippen LogP contribution in [0.25, 0.3) is 0 Å². The second kappa shape index (κ2) is 9.94. The highest BCUT2D eigenvalue weighted by atomic mass is 19.2. The zero-order chi connectivity index (χ0) is 21.6. The van der Waals surface area contributed by atoms with Crippen molar-refractivity contribution in [3.05, 3.63) is 53.7 Å². The van der Waals surface area contributed by atoms with Crippen molar-refractivity contribution in [2.24, 2.45) is 5.92 Å². The molecule has 1 aromatic heterocycles. The third-order valence-corrected chi connectivity index (χ3v) is 6.07. The molecule has 2 aliphatic rings. The van der Waals surface area contributed by atoms with E-state index in [1.54, 1.807) is 12.3 Å². The minimum absolute atomic E-state index is 0.209. The van der Waals surface area contributed by atoms with Crippen LogP contribution in [0.5, 0.6) is 0 Å². The number of benzene rings is 1. The highest BCUT2D eigenvalue weighted by Gasteiger charge is 2.24. The van der Waals surface area contributed by atoms with Crippen molar-refractivity contribution in [2.75, 3.05) is 42.5 Å². The molecule has 0 aliphatic carbocycles. The molecular weight excluding hydrogens is 400 g/mol. The fourth-order valence-corrected chi connectivity index (χ4v) is 4.35. The minimum Gasteiger partial charge on any atom is -0.371 e. The summed E-state index contributed by atoms with van der Waals surface area (Å²) in [7, 11) is 0. The first-order valence-electron chi connectivity index (χ1n) is 11.0. The fraction of sp³-hybridized carbons (Fsp3) is 0.478. The molecule has 0 radical (unpaired) electrons. The SMILES string of the molecule is O=C(NCc1cccnc1N1CCCCC1)NCC1CCN(c2ccc(F)c(F)c2)C1. The molecule has 2 amide bonds. The molecule has 8 heteroatoms. The summed E-state index contributed by atoms with van der Waals surface area (Å²) in [5.74, 6) is -0.450. The zero-order valence-electron chi connectivity index (χ0n) is 17.6. The Hall–Kier alpha value is -2.90. The number of urea groups is 1. The number of piperidine rings is 1. The van der Waals surface area contributed by atoms with Gasteiger partial charge in [-0.15, -0.1) is 0 Å². The molecule has 2 aliphatic heterocycles. The van der Waals surface area contributed by atoms with Gasteiger partial charge in [-0.3, -0.25) is 0 Å². The maximum atomic E-state index is 13.5. The first-order chi connectivity index (χ1) is 15.1. The number of nitrogens with zero attached hydrogens (tertiary/aromatic N) is 3. The Morgan fingerprint density at radius 1 is 1.03 bits per heavy atom. The maximum Gasteiger partial charge on any atom is 0.315 e. The summed E-state index contributed by atoms with van der Waals surface area (Å²) < 4.78 is 26.6. The summed E-state index contributed by atoms with van der Waals surface area (Å²) in [6, 6.07) is 7.67. The number of carbonyl (C=O) groups excluding carboxylic acids is 1. The summed E-state index contributed by atoms with van der Waals surface area (Å²) in [5.41, 5.74) is 1.69. The van der Waals surface area contributed by atoms with E-state index in [1.807, 2.05) is 17.0 Å². The van der Waals surface area contributed by atoms with E-state index in [0.29, 0.717) is 25.3 Å². The standard InChI is InChI=1S/C23H29F2N5O/c24-20-7-6-19(13-21(20)25)30-12-8-17(16-30)14-27-23(31)28-15-18-5-4-9-26-22(18)29-10-2-1-3-11-29/h4-7,9,13,17H,1-3,8,10-12,14-16H2,(H2,27,28,31). The number of anilines is 2. The van der Waals surface area contributed by atoms with Gasteiger partial charge in [-0.05, 0) is 49.8 Å². The van der Waals surface area contributed by atoms with Crippen LogP contribution in [0.15, 0.2) is 36.5 Å². The molecule has 2 aromatic rings. The zero-order valence-corrected chi connectivity index (χ0v) is 17.6. The summed E-state index contributed by atoms with van der Waals surface area (Å²) in [6.07, 6.45) is 6.29. The number of hydrogen-bond donors (Lipinski definition) is 2. The lowest BCUT2D eigenvalue weighted by Crippen LogP contribution is -2.39. The molecule has 2 N–H and O–H groups in total. The van der Waals surface area contributed by atoms with Crippen LogP contribution in [-0.2, 0) is 6.54 Å². The second-order valence-electron chi connectivity index (χ2n) is 8.30. The Morgan fingerprint density at radius 3 is 2.68 bits per heavy atom. The lowest BCUT2D eigenvalue weighted by Gasteiger charge is -2.29. The van der Waals surface area contributed by atoms with Crippen LogP contribution in [-0.4, -0.2) is 43.7 Å². The van der Waals surface area contributed by atoms with Gasteiger partial charge in [-0.2, -0.15) is 0 Å². The number of rotatable bonds is 6. The van der Waals surface area contributed by atoms with E-state index >= 15 is 0 Å². The third-order valence-electron chi connectivity index (χ3n) is 6.07. The van der Waals surface area contributed by atoms with Crippen molar-refractivity contribution in [1.29, 1.82) is 0 Å². The van der Waals surface area contributed by atoms with Crippen LogP contribution in [0, 0.1) is 17.6 Å². The lowest BCUT2D eigenvalue weighted by molar-refractivity contribution is 0.239. The van der Waals surface area contributed by atoms with E-state index in [4.69, 9.17) is 0 Å². The van der Waals surface area contributed by atoms with Gasteiger partial charge in [0, 0.05) is 62.8 Å². The van der Waals surface area contributed by atoms with Gasteiger partial charge in [0.2, 0.25) is 0 Å². The van der Waals surface area contributed by atoms with Gasteiger partial charge in [0.15, 0.2) is 11.6 Å². The van der Waals surface area contributed by atoms with E-state index < -0.39 is 11.6 Å². The van der Waals surface area contributed by atoms with Crippen LogP contribution < -0.4 is 20.4 Å². The molecular formula is C23H29F2N5O. The van der Waals surface area contributed by atoms with Gasteiger partial charge >= 0.3 is 6.03 Å². The predicted molar refractivity (Wildman–Crippen MR) is 117 cm³/mol. The van der Waals surface area contributed by atoms with Crippen molar-refractivity contribution in [3.8, 4) is 0 Å².